The molecule has 0 aliphatic heterocycles. The minimum Gasteiger partial charge on any atom is -0.497 e. The number of hydrogen-bond donors (Lipinski definition) is 1. The van der Waals surface area contributed by atoms with E-state index in [1.807, 2.05) is 0 Å². The number of methoxy groups -OCH3 is 1. The van der Waals surface area contributed by atoms with Crippen LogP contribution in [0, 0.1) is 27.6 Å². The molecule has 0 saturated heterocycles. The minimum atomic E-state index is -0.947. The van der Waals surface area contributed by atoms with Crippen LogP contribution in [-0.4, -0.2) is 12.0 Å². The Hall–Kier alpha value is -3.39. The number of rotatable bonds is 7. The Kier molecular flexibility index (Phi) is 6.37. The summed E-state index contributed by atoms with van der Waals surface area (Å²) in [6, 6.07) is 12.6. The van der Waals surface area contributed by atoms with Crippen molar-refractivity contribution in [2.24, 2.45) is 0 Å². The molecule has 0 saturated carbocycles. The van der Waals surface area contributed by atoms with Gasteiger partial charge in [-0.15, -0.1) is 0 Å². The summed E-state index contributed by atoms with van der Waals surface area (Å²) in [5.41, 5.74) is 0.845. The van der Waals surface area contributed by atoms with Gasteiger partial charge in [-0.25, -0.2) is 8.78 Å². The predicted octanol–water partition coefficient (Wildman–Crippen LogP) is 5.46. The Bertz CT molecular complexity index is 1040. The Morgan fingerprint density at radius 3 is 2.07 bits per heavy atom. The average molecular weight is 416 g/mol. The highest BCUT2D eigenvalue weighted by molar-refractivity contribution is 5.42. The van der Waals surface area contributed by atoms with Gasteiger partial charge in [-0.2, -0.15) is 4.39 Å². The molecule has 30 heavy (non-hydrogen) atoms. The van der Waals surface area contributed by atoms with Crippen LogP contribution in [0.2, 0.25) is 0 Å². The molecule has 0 aliphatic rings. The fourth-order valence-electron chi connectivity index (χ4n) is 3.20. The number of nitro groups is 1. The molecule has 3 aromatic rings. The van der Waals surface area contributed by atoms with Crippen LogP contribution in [0.5, 0.6) is 5.75 Å². The number of hydrogen-bond acceptors (Lipinski definition) is 4. The molecular weight excluding hydrogens is 397 g/mol. The lowest BCUT2D eigenvalue weighted by Gasteiger charge is -2.25. The van der Waals surface area contributed by atoms with Crippen LogP contribution in [0.1, 0.15) is 35.7 Å². The number of nitrogens with zero attached hydrogens (tertiary/aromatic N) is 1. The molecule has 0 fully saturated rings. The maximum Gasteiger partial charge on any atom is 0.305 e. The number of benzene rings is 3. The van der Waals surface area contributed by atoms with Gasteiger partial charge >= 0.3 is 5.69 Å². The molecule has 0 spiro atoms. The van der Waals surface area contributed by atoms with Crippen LogP contribution >= 0.6 is 0 Å². The van der Waals surface area contributed by atoms with E-state index in [2.05, 4.69) is 5.32 Å². The third kappa shape index (κ3) is 4.77. The molecule has 8 heteroatoms. The zero-order valence-electron chi connectivity index (χ0n) is 16.2. The molecule has 1 unspecified atom stereocenters. The summed E-state index contributed by atoms with van der Waals surface area (Å²) in [6.45, 7) is 1.71. The molecule has 0 aromatic heterocycles. The summed E-state index contributed by atoms with van der Waals surface area (Å²) in [6.07, 6.45) is 0. The van der Waals surface area contributed by atoms with Crippen molar-refractivity contribution < 1.29 is 22.8 Å². The summed E-state index contributed by atoms with van der Waals surface area (Å²) in [7, 11) is 1.52. The molecule has 0 bridgehead atoms. The Morgan fingerprint density at radius 2 is 1.50 bits per heavy atom. The molecule has 0 aliphatic carbocycles. The fraction of sp³-hybridized carbons (Fsp3) is 0.182. The van der Waals surface area contributed by atoms with Gasteiger partial charge < -0.3 is 4.74 Å². The normalized spacial score (nSPS) is 13.0. The molecule has 0 radical (unpaired) electrons. The average Bonchev–Trinajstić information content (AvgIpc) is 2.71. The summed E-state index contributed by atoms with van der Waals surface area (Å²) < 4.78 is 46.3. The molecule has 1 N–H and O–H groups in total. The lowest BCUT2D eigenvalue weighted by molar-refractivity contribution is -0.387. The Morgan fingerprint density at radius 1 is 0.900 bits per heavy atom. The van der Waals surface area contributed by atoms with E-state index in [9.17, 15) is 23.3 Å². The van der Waals surface area contributed by atoms with Crippen LogP contribution in [-0.2, 0) is 0 Å². The van der Waals surface area contributed by atoms with Gasteiger partial charge in [0, 0.05) is 18.2 Å². The van der Waals surface area contributed by atoms with Crippen molar-refractivity contribution in [2.75, 3.05) is 7.11 Å². The van der Waals surface area contributed by atoms with E-state index in [1.54, 1.807) is 31.2 Å². The van der Waals surface area contributed by atoms with Gasteiger partial charge in [-0.3, -0.25) is 15.4 Å². The molecule has 2 atom stereocenters. The van der Waals surface area contributed by atoms with Crippen molar-refractivity contribution in [3.63, 3.8) is 0 Å². The monoisotopic (exact) mass is 416 g/mol. The van der Waals surface area contributed by atoms with E-state index in [1.165, 1.54) is 25.3 Å². The quantitative estimate of drug-likeness (QED) is 0.410. The van der Waals surface area contributed by atoms with Crippen molar-refractivity contribution >= 4 is 5.69 Å². The Labute approximate surface area is 171 Å². The summed E-state index contributed by atoms with van der Waals surface area (Å²) in [5, 5.41) is 14.4. The minimum absolute atomic E-state index is 0.364. The van der Waals surface area contributed by atoms with Gasteiger partial charge in [0.1, 0.15) is 17.4 Å². The van der Waals surface area contributed by atoms with Crippen LogP contribution in [0.25, 0.3) is 0 Å². The van der Waals surface area contributed by atoms with Gasteiger partial charge in [0.2, 0.25) is 5.82 Å². The highest BCUT2D eigenvalue weighted by Crippen LogP contribution is 2.31. The second-order valence-corrected chi connectivity index (χ2v) is 6.77. The first-order valence-corrected chi connectivity index (χ1v) is 9.08. The summed E-state index contributed by atoms with van der Waals surface area (Å²) >= 11 is 0. The van der Waals surface area contributed by atoms with Crippen molar-refractivity contribution in [3.05, 3.63) is 105 Å². The molecule has 0 heterocycles. The lowest BCUT2D eigenvalue weighted by Crippen LogP contribution is -2.26. The number of ether oxygens (including phenoxy) is 1. The van der Waals surface area contributed by atoms with Crippen molar-refractivity contribution in [1.82, 2.24) is 5.32 Å². The maximum atomic E-state index is 13.8. The number of nitrogens with one attached hydrogen (secondary N) is 1. The third-order valence-corrected chi connectivity index (χ3v) is 4.75. The van der Waals surface area contributed by atoms with Crippen LogP contribution < -0.4 is 10.1 Å². The predicted molar refractivity (Wildman–Crippen MR) is 106 cm³/mol. The number of nitro benzene ring substituents is 1. The second kappa shape index (κ2) is 8.96. The van der Waals surface area contributed by atoms with E-state index in [4.69, 9.17) is 4.74 Å². The van der Waals surface area contributed by atoms with E-state index in [0.29, 0.717) is 22.4 Å². The highest BCUT2D eigenvalue weighted by atomic mass is 19.1. The van der Waals surface area contributed by atoms with E-state index in [-0.39, 0.29) is 0 Å². The lowest BCUT2D eigenvalue weighted by atomic mass is 9.96. The van der Waals surface area contributed by atoms with Crippen LogP contribution in [0.4, 0.5) is 18.9 Å². The van der Waals surface area contributed by atoms with Gasteiger partial charge in [0.15, 0.2) is 0 Å². The van der Waals surface area contributed by atoms with E-state index < -0.39 is 40.1 Å². The standard InChI is InChI=1S/C22H19F3N2O3/c1-13(16-9-17(23)12-18(24)10-16)26-22(14-3-6-19(30-2)7-4-14)15-5-8-20(25)21(11-15)27(28)29/h3-13,22,26H,1-2H3/t13-,22?/m1/s1. The van der Waals surface area contributed by atoms with Gasteiger partial charge in [0.05, 0.1) is 18.1 Å². The third-order valence-electron chi connectivity index (χ3n) is 4.75. The summed E-state index contributed by atoms with van der Waals surface area (Å²) in [4.78, 5) is 10.4. The molecule has 156 valence electrons. The molecule has 5 nitrogen and oxygen atoms in total. The van der Waals surface area contributed by atoms with Gasteiger partial charge in [-0.05, 0) is 53.9 Å². The first-order valence-electron chi connectivity index (χ1n) is 9.08. The smallest absolute Gasteiger partial charge is 0.305 e. The molecule has 0 amide bonds. The first kappa shape index (κ1) is 21.3. The topological polar surface area (TPSA) is 64.4 Å². The molecule has 3 aromatic carbocycles. The second-order valence-electron chi connectivity index (χ2n) is 6.77. The van der Waals surface area contributed by atoms with Crippen LogP contribution in [0.3, 0.4) is 0 Å². The van der Waals surface area contributed by atoms with Crippen molar-refractivity contribution in [3.8, 4) is 5.75 Å². The Balaban J connectivity index is 2.03. The largest absolute Gasteiger partial charge is 0.497 e. The first-order chi connectivity index (χ1) is 14.3. The summed E-state index contributed by atoms with van der Waals surface area (Å²) in [5.74, 6) is -1.76. The van der Waals surface area contributed by atoms with Crippen LogP contribution in [0.15, 0.2) is 60.7 Å². The fourth-order valence-corrected chi connectivity index (χ4v) is 3.20. The molecular formula is C22H19F3N2O3. The van der Waals surface area contributed by atoms with Gasteiger partial charge in [-0.1, -0.05) is 18.2 Å². The van der Waals surface area contributed by atoms with E-state index >= 15 is 0 Å². The van der Waals surface area contributed by atoms with Crippen molar-refractivity contribution in [1.29, 1.82) is 0 Å². The zero-order valence-corrected chi connectivity index (χ0v) is 16.2. The number of halogens is 3. The van der Waals surface area contributed by atoms with Crippen molar-refractivity contribution in [2.45, 2.75) is 19.0 Å². The SMILES string of the molecule is COc1ccc(C(N[C@H](C)c2cc(F)cc(F)c2)c2ccc(F)c([N+](=O)[O-])c2)cc1. The zero-order chi connectivity index (χ0) is 21.8. The highest BCUT2D eigenvalue weighted by Gasteiger charge is 2.23. The maximum absolute atomic E-state index is 13.8. The van der Waals surface area contributed by atoms with Gasteiger partial charge in [0.25, 0.3) is 0 Å². The molecule has 3 rings (SSSR count). The van der Waals surface area contributed by atoms with E-state index in [0.717, 1.165) is 18.2 Å².